The number of hydrogen-bond donors (Lipinski definition) is 0. The van der Waals surface area contributed by atoms with Gasteiger partial charge in [-0.15, -0.1) is 0 Å². The van der Waals surface area contributed by atoms with Crippen LogP contribution in [0.2, 0.25) is 0 Å². The molecule has 1 saturated heterocycles. The molecule has 0 N–H and O–H groups in total. The molecular weight excluding hydrogens is 116 g/mol. The summed E-state index contributed by atoms with van der Waals surface area (Å²) in [5.74, 6) is 0.0645. The van der Waals surface area contributed by atoms with Crippen molar-refractivity contribution in [2.24, 2.45) is 5.92 Å². The highest BCUT2D eigenvalue weighted by Crippen LogP contribution is 2.30. The van der Waals surface area contributed by atoms with E-state index in [2.05, 4.69) is 6.08 Å². The maximum Gasteiger partial charge on any atom is 0.316 e. The maximum absolute atomic E-state index is 10.6. The molecule has 9 heavy (non-hydrogen) atoms. The minimum absolute atomic E-state index is 0.0454. The highest BCUT2D eigenvalue weighted by Gasteiger charge is 2.40. The van der Waals surface area contributed by atoms with Gasteiger partial charge in [-0.2, -0.15) is 0 Å². The summed E-state index contributed by atoms with van der Waals surface area (Å²) in [4.78, 5) is 10.6. The van der Waals surface area contributed by atoms with Crippen LogP contribution < -0.4 is 0 Å². The number of carbonyl (C=O) groups excluding carboxylic acids is 1. The second-order valence-corrected chi connectivity index (χ2v) is 2.51. The van der Waals surface area contributed by atoms with Crippen LogP contribution in [0.3, 0.4) is 0 Å². The van der Waals surface area contributed by atoms with Gasteiger partial charge in [0.25, 0.3) is 0 Å². The third kappa shape index (κ3) is 0.590. The van der Waals surface area contributed by atoms with E-state index in [1.54, 1.807) is 0 Å². The first-order valence-electron chi connectivity index (χ1n) is 3.25. The molecule has 0 saturated carbocycles. The van der Waals surface area contributed by atoms with Gasteiger partial charge in [-0.1, -0.05) is 12.2 Å². The molecule has 1 aliphatic carbocycles. The van der Waals surface area contributed by atoms with Gasteiger partial charge < -0.3 is 4.74 Å². The first-order chi connectivity index (χ1) is 4.38. The molecule has 2 heteroatoms. The van der Waals surface area contributed by atoms with Crippen LogP contribution in [-0.4, -0.2) is 12.1 Å². The molecule has 0 unspecified atom stereocenters. The minimum atomic E-state index is -0.0454. The topological polar surface area (TPSA) is 26.3 Å². The summed E-state index contributed by atoms with van der Waals surface area (Å²) in [5, 5.41) is 0. The van der Waals surface area contributed by atoms with Gasteiger partial charge in [0.1, 0.15) is 12.0 Å². The fraction of sp³-hybridized carbons (Fsp3) is 0.571. The van der Waals surface area contributed by atoms with Crippen LogP contribution in [0.4, 0.5) is 0 Å². The van der Waals surface area contributed by atoms with Gasteiger partial charge in [0.05, 0.1) is 0 Å². The van der Waals surface area contributed by atoms with Crippen LogP contribution in [0.5, 0.6) is 0 Å². The Morgan fingerprint density at radius 2 is 2.56 bits per heavy atom. The lowest BCUT2D eigenvalue weighted by Gasteiger charge is -2.35. The highest BCUT2D eigenvalue weighted by molar-refractivity contribution is 5.80. The van der Waals surface area contributed by atoms with Gasteiger partial charge in [-0.05, 0) is 12.8 Å². The zero-order chi connectivity index (χ0) is 6.27. The average molecular weight is 124 g/mol. The van der Waals surface area contributed by atoms with Gasteiger partial charge in [-0.3, -0.25) is 4.79 Å². The second-order valence-electron chi connectivity index (χ2n) is 2.51. The molecule has 0 bridgehead atoms. The van der Waals surface area contributed by atoms with Crippen molar-refractivity contribution in [3.63, 3.8) is 0 Å². The predicted octanol–water partition coefficient (Wildman–Crippen LogP) is 0.878. The lowest BCUT2D eigenvalue weighted by Crippen LogP contribution is -2.44. The number of allylic oxidation sites excluding steroid dienone is 1. The van der Waals surface area contributed by atoms with Gasteiger partial charge in [-0.25, -0.2) is 0 Å². The number of esters is 1. The lowest BCUT2D eigenvalue weighted by atomic mass is 9.88. The molecular formula is C7H8O2. The first-order valence-corrected chi connectivity index (χ1v) is 3.25. The van der Waals surface area contributed by atoms with E-state index < -0.39 is 0 Å². The Balaban J connectivity index is 2.16. The summed E-state index contributed by atoms with van der Waals surface area (Å²) in [7, 11) is 0. The monoisotopic (exact) mass is 124 g/mol. The summed E-state index contributed by atoms with van der Waals surface area (Å²) in [5.41, 5.74) is 0. The predicted molar refractivity (Wildman–Crippen MR) is 31.7 cm³/mol. The van der Waals surface area contributed by atoms with Crippen LogP contribution in [0.25, 0.3) is 0 Å². The van der Waals surface area contributed by atoms with Gasteiger partial charge >= 0.3 is 5.97 Å². The van der Waals surface area contributed by atoms with E-state index in [0.717, 1.165) is 12.8 Å². The molecule has 0 aromatic rings. The van der Waals surface area contributed by atoms with E-state index in [0.29, 0.717) is 0 Å². The van der Waals surface area contributed by atoms with Gasteiger partial charge in [0, 0.05) is 0 Å². The second kappa shape index (κ2) is 1.59. The molecule has 1 heterocycles. The number of hydrogen-bond acceptors (Lipinski definition) is 2. The molecule has 0 amide bonds. The summed E-state index contributed by atoms with van der Waals surface area (Å²) in [6.45, 7) is 0. The Bertz CT molecular complexity index is 172. The smallest absolute Gasteiger partial charge is 0.316 e. The van der Waals surface area contributed by atoms with E-state index in [9.17, 15) is 4.79 Å². The summed E-state index contributed by atoms with van der Waals surface area (Å²) in [6, 6.07) is 0. The molecule has 0 spiro atoms. The number of carbonyl (C=O) groups is 1. The van der Waals surface area contributed by atoms with Crippen LogP contribution in [0.1, 0.15) is 12.8 Å². The van der Waals surface area contributed by atoms with Gasteiger partial charge in [0.2, 0.25) is 0 Å². The number of fused-ring (bicyclic) bond motifs is 1. The lowest BCUT2D eigenvalue weighted by molar-refractivity contribution is -0.180. The largest absolute Gasteiger partial charge is 0.461 e. The Hall–Kier alpha value is -0.790. The molecule has 0 aromatic carbocycles. The molecule has 2 atom stereocenters. The van der Waals surface area contributed by atoms with Crippen molar-refractivity contribution in [2.45, 2.75) is 18.9 Å². The van der Waals surface area contributed by atoms with E-state index in [-0.39, 0.29) is 18.0 Å². The summed E-state index contributed by atoms with van der Waals surface area (Å²) >= 11 is 0. The fourth-order valence-corrected chi connectivity index (χ4v) is 1.32. The van der Waals surface area contributed by atoms with Crippen LogP contribution >= 0.6 is 0 Å². The minimum Gasteiger partial charge on any atom is -0.461 e. The highest BCUT2D eigenvalue weighted by atomic mass is 16.6. The Morgan fingerprint density at radius 3 is 3.11 bits per heavy atom. The molecule has 0 aromatic heterocycles. The summed E-state index contributed by atoms with van der Waals surface area (Å²) < 4.78 is 4.85. The average Bonchev–Trinajstić information content (AvgIpc) is 1.86. The van der Waals surface area contributed by atoms with Crippen molar-refractivity contribution in [2.75, 3.05) is 0 Å². The quantitative estimate of drug-likeness (QED) is 0.354. The van der Waals surface area contributed by atoms with Crippen molar-refractivity contribution in [3.8, 4) is 0 Å². The standard InChI is InChI=1S/C7H8O2/c8-7-5-3-1-2-4-6(5)9-7/h1,3,5-6H,2,4H2/t5-,6+/m1/s1. The molecule has 2 rings (SSSR count). The Labute approximate surface area is 53.5 Å². The molecule has 2 aliphatic rings. The third-order valence-corrected chi connectivity index (χ3v) is 1.90. The van der Waals surface area contributed by atoms with Crippen molar-refractivity contribution in [1.82, 2.24) is 0 Å². The third-order valence-electron chi connectivity index (χ3n) is 1.90. The number of rotatable bonds is 0. The van der Waals surface area contributed by atoms with Crippen molar-refractivity contribution < 1.29 is 9.53 Å². The fourth-order valence-electron chi connectivity index (χ4n) is 1.32. The Kier molecular flexibility index (Phi) is 0.891. The zero-order valence-corrected chi connectivity index (χ0v) is 5.04. The van der Waals surface area contributed by atoms with E-state index >= 15 is 0 Å². The molecule has 48 valence electrons. The Morgan fingerprint density at radius 1 is 1.67 bits per heavy atom. The van der Waals surface area contributed by atoms with E-state index in [1.165, 1.54) is 0 Å². The molecule has 1 fully saturated rings. The van der Waals surface area contributed by atoms with Crippen LogP contribution in [0.15, 0.2) is 12.2 Å². The summed E-state index contributed by atoms with van der Waals surface area (Å²) in [6.07, 6.45) is 6.32. The van der Waals surface area contributed by atoms with E-state index in [1.807, 2.05) is 6.08 Å². The van der Waals surface area contributed by atoms with Crippen LogP contribution in [-0.2, 0) is 9.53 Å². The molecule has 2 nitrogen and oxygen atoms in total. The first kappa shape index (κ1) is 5.03. The van der Waals surface area contributed by atoms with Crippen molar-refractivity contribution >= 4 is 5.97 Å². The SMILES string of the molecule is O=C1O[C@H]2CCC=C[C@@H]12. The molecule has 1 aliphatic heterocycles. The van der Waals surface area contributed by atoms with E-state index in [4.69, 9.17) is 4.74 Å². The van der Waals surface area contributed by atoms with Gasteiger partial charge in [0.15, 0.2) is 0 Å². The van der Waals surface area contributed by atoms with Crippen molar-refractivity contribution in [3.05, 3.63) is 12.2 Å². The van der Waals surface area contributed by atoms with Crippen LogP contribution in [0, 0.1) is 5.92 Å². The zero-order valence-electron chi connectivity index (χ0n) is 5.04. The normalized spacial score (nSPS) is 38.9. The van der Waals surface area contributed by atoms with Crippen molar-refractivity contribution in [1.29, 1.82) is 0 Å². The maximum atomic E-state index is 10.6. The molecule has 0 radical (unpaired) electrons. The number of ether oxygens (including phenoxy) is 1.